The zero-order valence-corrected chi connectivity index (χ0v) is 15.9. The van der Waals surface area contributed by atoms with E-state index < -0.39 is 16.7 Å². The van der Waals surface area contributed by atoms with Gasteiger partial charge in [0.25, 0.3) is 11.8 Å². The molecule has 0 aliphatic carbocycles. The number of carbonyl (C=O) groups excluding carboxylic acids is 2. The van der Waals surface area contributed by atoms with E-state index in [-0.39, 0.29) is 17.1 Å². The number of H-pyrrole nitrogens is 2. The number of nitro groups is 1. The summed E-state index contributed by atoms with van der Waals surface area (Å²) in [4.78, 5) is 31.7. The largest absolute Gasteiger partial charge is 0.395 e. The van der Waals surface area contributed by atoms with E-state index in [1.807, 2.05) is 6.92 Å². The van der Waals surface area contributed by atoms with Gasteiger partial charge in [0, 0.05) is 0 Å². The van der Waals surface area contributed by atoms with Gasteiger partial charge >= 0.3 is 5.69 Å². The molecule has 2 amide bonds. The smallest absolute Gasteiger partial charge is 0.322 e. The minimum absolute atomic E-state index is 0.145. The van der Waals surface area contributed by atoms with Gasteiger partial charge in [-0.15, -0.1) is 0 Å². The first kappa shape index (κ1) is 22.6. The molecule has 154 valence electrons. The Labute approximate surface area is 161 Å². The zero-order valence-electron chi connectivity index (χ0n) is 15.9. The molecule has 2 aromatic heterocycles. The van der Waals surface area contributed by atoms with Crippen molar-refractivity contribution in [2.75, 3.05) is 5.73 Å². The quantitative estimate of drug-likeness (QED) is 0.309. The van der Waals surface area contributed by atoms with Crippen LogP contribution in [0, 0.1) is 10.1 Å². The summed E-state index contributed by atoms with van der Waals surface area (Å²) in [7, 11) is 0. The first-order valence-electron chi connectivity index (χ1n) is 8.88. The van der Waals surface area contributed by atoms with Crippen molar-refractivity contribution in [3.8, 4) is 0 Å². The van der Waals surface area contributed by atoms with Gasteiger partial charge < -0.3 is 17.2 Å². The number of amides is 2. The van der Waals surface area contributed by atoms with Gasteiger partial charge in [-0.2, -0.15) is 10.2 Å². The van der Waals surface area contributed by atoms with Gasteiger partial charge in [-0.1, -0.05) is 26.7 Å². The Balaban J connectivity index is 0.000000283. The monoisotopic (exact) mass is 394 g/mol. The first-order chi connectivity index (χ1) is 13.2. The van der Waals surface area contributed by atoms with Crippen LogP contribution >= 0.6 is 0 Å². The molecule has 12 nitrogen and oxygen atoms in total. The summed E-state index contributed by atoms with van der Waals surface area (Å²) in [6.07, 6.45) is 5.09. The molecular formula is C16H26N8O4. The Kier molecular flexibility index (Phi) is 8.59. The minimum atomic E-state index is -0.888. The van der Waals surface area contributed by atoms with E-state index in [9.17, 15) is 19.7 Å². The Morgan fingerprint density at radius 2 is 1.43 bits per heavy atom. The number of hydrogen-bond donors (Lipinski definition) is 5. The average Bonchev–Trinajstić information content (AvgIpc) is 3.22. The van der Waals surface area contributed by atoms with Gasteiger partial charge in [0.2, 0.25) is 5.69 Å². The number of hydrogen-bond acceptors (Lipinski definition) is 7. The summed E-state index contributed by atoms with van der Waals surface area (Å²) in [6, 6.07) is 0. The Hall–Kier alpha value is -3.44. The number of nitrogens with one attached hydrogen (secondary N) is 2. The minimum Gasteiger partial charge on any atom is -0.395 e. The third-order valence-corrected chi connectivity index (χ3v) is 3.91. The lowest BCUT2D eigenvalue weighted by Crippen LogP contribution is -2.13. The van der Waals surface area contributed by atoms with E-state index in [2.05, 4.69) is 27.3 Å². The predicted octanol–water partition coefficient (Wildman–Crippen LogP) is 1.19. The first-order valence-corrected chi connectivity index (χ1v) is 8.88. The maximum atomic E-state index is 10.8. The fourth-order valence-electron chi connectivity index (χ4n) is 2.39. The van der Waals surface area contributed by atoms with Crippen LogP contribution in [-0.2, 0) is 12.8 Å². The molecule has 0 atom stereocenters. The van der Waals surface area contributed by atoms with Crippen molar-refractivity contribution in [2.45, 2.75) is 52.4 Å². The number of rotatable bonds is 9. The topological polar surface area (TPSA) is 213 Å². The molecule has 2 rings (SSSR count). The summed E-state index contributed by atoms with van der Waals surface area (Å²) < 4.78 is 0. The number of aryl methyl sites for hydroxylation is 2. The summed E-state index contributed by atoms with van der Waals surface area (Å²) in [5, 5.41) is 23.2. The normalized spacial score (nSPS) is 10.2. The number of nitrogens with two attached hydrogens (primary N) is 3. The molecule has 0 unspecified atom stereocenters. The summed E-state index contributed by atoms with van der Waals surface area (Å²) in [5.41, 5.74) is 16.8. The second kappa shape index (κ2) is 10.6. The van der Waals surface area contributed by atoms with Crippen molar-refractivity contribution in [1.29, 1.82) is 0 Å². The van der Waals surface area contributed by atoms with Gasteiger partial charge in [-0.05, 0) is 25.7 Å². The second-order valence-electron chi connectivity index (χ2n) is 6.06. The molecule has 0 saturated heterocycles. The second-order valence-corrected chi connectivity index (χ2v) is 6.06. The van der Waals surface area contributed by atoms with Crippen LogP contribution in [0.1, 0.15) is 71.9 Å². The fourth-order valence-corrected chi connectivity index (χ4v) is 2.39. The highest BCUT2D eigenvalue weighted by atomic mass is 16.6. The standard InChI is InChI=1S/C8H12N4O3.C8H14N4O/c1-2-3-4-5-7(12(14)15)6(8(9)13)11-10-5;1-2-3-4-5-6(9)7(8(10)13)12-11-5/h2-4H2,1H3,(H2,9,13)(H,10,11);2-4,9H2,1H3,(H2,10,13)(H,11,12). The van der Waals surface area contributed by atoms with Crippen LogP contribution in [-0.4, -0.2) is 37.1 Å². The number of nitrogens with zero attached hydrogens (tertiary/aromatic N) is 3. The van der Waals surface area contributed by atoms with Crippen molar-refractivity contribution in [1.82, 2.24) is 20.4 Å². The van der Waals surface area contributed by atoms with E-state index >= 15 is 0 Å². The molecule has 2 heterocycles. The van der Waals surface area contributed by atoms with Crippen LogP contribution in [0.3, 0.4) is 0 Å². The van der Waals surface area contributed by atoms with Crippen molar-refractivity contribution in [2.24, 2.45) is 11.5 Å². The van der Waals surface area contributed by atoms with Gasteiger partial charge in [-0.25, -0.2) is 0 Å². The maximum absolute atomic E-state index is 10.8. The maximum Gasteiger partial charge on any atom is 0.322 e. The van der Waals surface area contributed by atoms with Crippen molar-refractivity contribution < 1.29 is 14.5 Å². The van der Waals surface area contributed by atoms with Crippen molar-refractivity contribution in [3.63, 3.8) is 0 Å². The number of aromatic amines is 2. The molecule has 2 aromatic rings. The highest BCUT2D eigenvalue weighted by Gasteiger charge is 2.26. The predicted molar refractivity (Wildman–Crippen MR) is 103 cm³/mol. The fraction of sp³-hybridized carbons (Fsp3) is 0.500. The molecule has 0 radical (unpaired) electrons. The molecule has 0 aliphatic heterocycles. The molecule has 28 heavy (non-hydrogen) atoms. The average molecular weight is 394 g/mol. The van der Waals surface area contributed by atoms with Crippen LogP contribution in [0.5, 0.6) is 0 Å². The molecule has 0 aromatic carbocycles. The Morgan fingerprint density at radius 1 is 0.964 bits per heavy atom. The molecule has 0 spiro atoms. The lowest BCUT2D eigenvalue weighted by atomic mass is 10.1. The lowest BCUT2D eigenvalue weighted by molar-refractivity contribution is -0.385. The van der Waals surface area contributed by atoms with Crippen LogP contribution in [0.4, 0.5) is 11.4 Å². The number of nitrogen functional groups attached to an aromatic ring is 1. The third kappa shape index (κ3) is 5.79. The lowest BCUT2D eigenvalue weighted by Gasteiger charge is -1.96. The molecule has 0 fully saturated rings. The van der Waals surface area contributed by atoms with Crippen LogP contribution < -0.4 is 17.2 Å². The van der Waals surface area contributed by atoms with Gasteiger partial charge in [0.1, 0.15) is 5.69 Å². The molecule has 0 bridgehead atoms. The summed E-state index contributed by atoms with van der Waals surface area (Å²) >= 11 is 0. The van der Waals surface area contributed by atoms with Crippen LogP contribution in [0.15, 0.2) is 0 Å². The highest BCUT2D eigenvalue weighted by molar-refractivity contribution is 5.96. The van der Waals surface area contributed by atoms with Crippen LogP contribution in [0.2, 0.25) is 0 Å². The third-order valence-electron chi connectivity index (χ3n) is 3.91. The van der Waals surface area contributed by atoms with E-state index in [1.54, 1.807) is 0 Å². The number of anilines is 1. The van der Waals surface area contributed by atoms with Crippen molar-refractivity contribution in [3.05, 3.63) is 32.9 Å². The SMILES string of the molecule is CCCCc1[nH]nc(C(N)=O)c1N.CCCCc1[nH]nc(C(N)=O)c1[N+](=O)[O-]. The zero-order chi connectivity index (χ0) is 21.3. The number of aromatic nitrogens is 4. The molecular weight excluding hydrogens is 368 g/mol. The highest BCUT2D eigenvalue weighted by Crippen LogP contribution is 2.22. The number of carbonyl (C=O) groups is 2. The van der Waals surface area contributed by atoms with E-state index in [0.29, 0.717) is 17.8 Å². The Bertz CT molecular complexity index is 827. The summed E-state index contributed by atoms with van der Waals surface area (Å²) in [6.45, 7) is 4.05. The van der Waals surface area contributed by atoms with E-state index in [1.165, 1.54) is 0 Å². The van der Waals surface area contributed by atoms with Crippen molar-refractivity contribution >= 4 is 23.2 Å². The van der Waals surface area contributed by atoms with E-state index in [4.69, 9.17) is 17.2 Å². The number of unbranched alkanes of at least 4 members (excludes halogenated alkanes) is 2. The van der Waals surface area contributed by atoms with Gasteiger partial charge in [0.15, 0.2) is 5.69 Å². The Morgan fingerprint density at radius 3 is 1.86 bits per heavy atom. The van der Waals surface area contributed by atoms with Gasteiger partial charge in [-0.3, -0.25) is 29.9 Å². The van der Waals surface area contributed by atoms with Gasteiger partial charge in [0.05, 0.1) is 16.3 Å². The molecule has 12 heteroatoms. The summed E-state index contributed by atoms with van der Waals surface area (Å²) in [5.74, 6) is -1.47. The number of primary amides is 2. The van der Waals surface area contributed by atoms with E-state index in [0.717, 1.165) is 37.8 Å². The van der Waals surface area contributed by atoms with Crippen LogP contribution in [0.25, 0.3) is 0 Å². The molecule has 8 N–H and O–H groups in total. The molecule has 0 aliphatic rings. The molecule has 0 saturated carbocycles.